The predicted octanol–water partition coefficient (Wildman–Crippen LogP) is 4.89. The van der Waals surface area contributed by atoms with Crippen molar-refractivity contribution in [2.45, 2.75) is 56.7 Å². The number of hydrogen-bond donors (Lipinski definition) is 0. The van der Waals surface area contributed by atoms with E-state index < -0.39 is 0 Å². The molecular weight excluding hydrogens is 446 g/mol. The van der Waals surface area contributed by atoms with Gasteiger partial charge in [-0.1, -0.05) is 46.3 Å². The maximum Gasteiger partial charge on any atom is 0.410 e. The summed E-state index contributed by atoms with van der Waals surface area (Å²) >= 11 is 3.99. The van der Waals surface area contributed by atoms with Gasteiger partial charge in [0.15, 0.2) is 0 Å². The van der Waals surface area contributed by atoms with Crippen molar-refractivity contribution in [2.75, 3.05) is 20.2 Å². The topological polar surface area (TPSA) is 56.6 Å². The third-order valence-electron chi connectivity index (χ3n) is 6.54. The number of amides is 1. The van der Waals surface area contributed by atoms with Crippen LogP contribution < -0.4 is 0 Å². The first-order chi connectivity index (χ1) is 14.4. The molecule has 7 heteroatoms. The molecule has 0 saturated carbocycles. The number of halogens is 1. The van der Waals surface area contributed by atoms with E-state index >= 15 is 0 Å². The number of alkyl halides is 1. The van der Waals surface area contributed by atoms with Crippen LogP contribution in [0.2, 0.25) is 0 Å². The number of likely N-dealkylation sites (tertiary alicyclic amines) is 1. The van der Waals surface area contributed by atoms with Crippen molar-refractivity contribution < 1.29 is 14.3 Å². The Bertz CT molecular complexity index is 875. The number of nitrogens with zero attached hydrogens (tertiary/aromatic N) is 3. The van der Waals surface area contributed by atoms with Crippen LogP contribution in [0.25, 0.3) is 0 Å². The zero-order valence-corrected chi connectivity index (χ0v) is 19.5. The first-order valence-electron chi connectivity index (χ1n) is 10.6. The third-order valence-corrected chi connectivity index (χ3v) is 7.99. The van der Waals surface area contributed by atoms with Crippen LogP contribution in [0, 0.1) is 5.41 Å². The highest BCUT2D eigenvalue weighted by atomic mass is 79.9. The van der Waals surface area contributed by atoms with E-state index in [2.05, 4.69) is 39.6 Å². The molecule has 1 aromatic carbocycles. The molecule has 1 aliphatic heterocycles. The summed E-state index contributed by atoms with van der Waals surface area (Å²) in [5.41, 5.74) is 3.51. The van der Waals surface area contributed by atoms with Gasteiger partial charge in [-0.2, -0.15) is 5.10 Å². The van der Waals surface area contributed by atoms with Crippen LogP contribution in [-0.2, 0) is 22.5 Å². The van der Waals surface area contributed by atoms with Crippen LogP contribution in [0.5, 0.6) is 0 Å². The van der Waals surface area contributed by atoms with Gasteiger partial charge in [0, 0.05) is 26.2 Å². The SMILES string of the molecule is CO[C@@H]1c2c(cnn2C(C)C)CC2(CCN(C(=O)OCc3ccccc3)CC2)[C@H]1Br. The molecule has 0 unspecified atom stereocenters. The maximum atomic E-state index is 12.6. The molecule has 2 aliphatic rings. The standard InChI is InChI=1S/C23H30BrN3O3/c1-16(2)27-19-18(14-25-27)13-23(21(24)20(19)29-3)9-11-26(12-10-23)22(28)30-15-17-7-5-4-6-8-17/h4-8,14,16,20-21H,9-13,15H2,1-3H3/t20-,21+/m1/s1. The summed E-state index contributed by atoms with van der Waals surface area (Å²) in [5, 5.41) is 4.64. The smallest absolute Gasteiger partial charge is 0.410 e. The lowest BCUT2D eigenvalue weighted by atomic mass is 9.66. The van der Waals surface area contributed by atoms with E-state index in [1.54, 1.807) is 7.11 Å². The quantitative estimate of drug-likeness (QED) is 0.590. The van der Waals surface area contributed by atoms with Gasteiger partial charge in [-0.3, -0.25) is 4.68 Å². The molecule has 0 N–H and O–H groups in total. The minimum atomic E-state index is -0.229. The summed E-state index contributed by atoms with van der Waals surface area (Å²) in [5.74, 6) is 0. The zero-order valence-electron chi connectivity index (χ0n) is 17.9. The summed E-state index contributed by atoms with van der Waals surface area (Å²) in [6.07, 6.45) is 4.51. The van der Waals surface area contributed by atoms with Gasteiger partial charge < -0.3 is 14.4 Å². The normalized spacial score (nSPS) is 22.9. The van der Waals surface area contributed by atoms with E-state index in [1.165, 1.54) is 11.3 Å². The number of ether oxygens (including phenoxy) is 2. The summed E-state index contributed by atoms with van der Waals surface area (Å²) in [6.45, 7) is 5.99. The molecule has 0 bridgehead atoms. The number of benzene rings is 1. The van der Waals surface area contributed by atoms with Gasteiger partial charge in [-0.15, -0.1) is 0 Å². The zero-order chi connectivity index (χ0) is 21.3. The molecule has 6 nitrogen and oxygen atoms in total. The molecule has 30 heavy (non-hydrogen) atoms. The van der Waals surface area contributed by atoms with E-state index in [4.69, 9.17) is 9.47 Å². The molecule has 1 fully saturated rings. The van der Waals surface area contributed by atoms with Gasteiger partial charge in [-0.25, -0.2) is 4.79 Å². The lowest BCUT2D eigenvalue weighted by Crippen LogP contribution is -2.51. The third kappa shape index (κ3) is 3.89. The highest BCUT2D eigenvalue weighted by Crippen LogP contribution is 2.52. The second kappa shape index (κ2) is 8.71. The van der Waals surface area contributed by atoms with Crippen molar-refractivity contribution in [3.63, 3.8) is 0 Å². The van der Waals surface area contributed by atoms with Crippen molar-refractivity contribution in [2.24, 2.45) is 5.41 Å². The van der Waals surface area contributed by atoms with Crippen molar-refractivity contribution in [3.05, 3.63) is 53.3 Å². The van der Waals surface area contributed by atoms with E-state index in [9.17, 15) is 4.79 Å². The molecule has 2 atom stereocenters. The minimum absolute atomic E-state index is 0.0461. The molecule has 2 aromatic rings. The molecule has 4 rings (SSSR count). The number of carbonyl (C=O) groups is 1. The molecule has 162 valence electrons. The molecule has 1 saturated heterocycles. The molecule has 2 heterocycles. The largest absolute Gasteiger partial charge is 0.445 e. The van der Waals surface area contributed by atoms with Crippen LogP contribution in [0.3, 0.4) is 0 Å². The summed E-state index contributed by atoms with van der Waals surface area (Å²) in [7, 11) is 1.77. The Hall–Kier alpha value is -1.86. The average Bonchev–Trinajstić information content (AvgIpc) is 3.17. The van der Waals surface area contributed by atoms with Crippen molar-refractivity contribution in [3.8, 4) is 0 Å². The highest BCUT2D eigenvalue weighted by Gasteiger charge is 2.50. The summed E-state index contributed by atoms with van der Waals surface area (Å²) in [6, 6.07) is 10.1. The molecule has 1 aromatic heterocycles. The van der Waals surface area contributed by atoms with Crippen LogP contribution in [0.4, 0.5) is 4.79 Å². The van der Waals surface area contributed by atoms with E-state index in [0.29, 0.717) is 25.7 Å². The van der Waals surface area contributed by atoms with Gasteiger partial charge in [0.2, 0.25) is 0 Å². The number of carbonyl (C=O) groups excluding carboxylic acids is 1. The van der Waals surface area contributed by atoms with Crippen LogP contribution >= 0.6 is 15.9 Å². The number of aromatic nitrogens is 2. The summed E-state index contributed by atoms with van der Waals surface area (Å²) < 4.78 is 13.6. The lowest BCUT2D eigenvalue weighted by molar-refractivity contribution is 0.00769. The average molecular weight is 476 g/mol. The Morgan fingerprint density at radius 3 is 2.60 bits per heavy atom. The Morgan fingerprint density at radius 2 is 1.97 bits per heavy atom. The van der Waals surface area contributed by atoms with Crippen LogP contribution in [0.1, 0.15) is 55.7 Å². The predicted molar refractivity (Wildman–Crippen MR) is 119 cm³/mol. The van der Waals surface area contributed by atoms with Crippen molar-refractivity contribution in [1.29, 1.82) is 0 Å². The lowest BCUT2D eigenvalue weighted by Gasteiger charge is -2.49. The van der Waals surface area contributed by atoms with E-state index in [0.717, 1.165) is 24.8 Å². The Balaban J connectivity index is 1.43. The molecule has 1 amide bonds. The highest BCUT2D eigenvalue weighted by molar-refractivity contribution is 9.09. The Morgan fingerprint density at radius 1 is 1.27 bits per heavy atom. The first-order valence-corrected chi connectivity index (χ1v) is 11.6. The molecule has 1 spiro atoms. The van der Waals surface area contributed by atoms with Crippen molar-refractivity contribution in [1.82, 2.24) is 14.7 Å². The fraction of sp³-hybridized carbons (Fsp3) is 0.565. The second-order valence-electron chi connectivity index (χ2n) is 8.72. The maximum absolute atomic E-state index is 12.6. The van der Waals surface area contributed by atoms with Gasteiger partial charge in [-0.05, 0) is 49.7 Å². The fourth-order valence-corrected chi connectivity index (χ4v) is 5.92. The molecule has 0 radical (unpaired) electrons. The van der Waals surface area contributed by atoms with Gasteiger partial charge in [0.1, 0.15) is 12.7 Å². The number of fused-ring (bicyclic) bond motifs is 1. The molecule has 1 aliphatic carbocycles. The number of piperidine rings is 1. The fourth-order valence-electron chi connectivity index (χ4n) is 4.83. The second-order valence-corrected chi connectivity index (χ2v) is 9.70. The number of rotatable bonds is 4. The first kappa shape index (κ1) is 21.4. The van der Waals surface area contributed by atoms with E-state index in [-0.39, 0.29) is 22.4 Å². The Kier molecular flexibility index (Phi) is 6.21. The number of methoxy groups -OCH3 is 1. The van der Waals surface area contributed by atoms with Gasteiger partial charge in [0.05, 0.1) is 16.7 Å². The van der Waals surface area contributed by atoms with Gasteiger partial charge in [0.25, 0.3) is 0 Å². The molecular formula is C23H30BrN3O3. The van der Waals surface area contributed by atoms with Crippen molar-refractivity contribution >= 4 is 22.0 Å². The van der Waals surface area contributed by atoms with Crippen LogP contribution in [0.15, 0.2) is 36.5 Å². The minimum Gasteiger partial charge on any atom is -0.445 e. The monoisotopic (exact) mass is 475 g/mol. The number of hydrogen-bond acceptors (Lipinski definition) is 4. The van der Waals surface area contributed by atoms with Crippen LogP contribution in [-0.4, -0.2) is 45.8 Å². The Labute approximate surface area is 186 Å². The van der Waals surface area contributed by atoms with Gasteiger partial charge >= 0.3 is 6.09 Å². The van der Waals surface area contributed by atoms with E-state index in [1.807, 2.05) is 41.4 Å². The summed E-state index contributed by atoms with van der Waals surface area (Å²) in [4.78, 5) is 14.6.